The number of hydrogen-bond donors (Lipinski definition) is 1. The van der Waals surface area contributed by atoms with Gasteiger partial charge in [-0.15, -0.1) is 0 Å². The van der Waals surface area contributed by atoms with Crippen molar-refractivity contribution >= 4 is 17.6 Å². The summed E-state index contributed by atoms with van der Waals surface area (Å²) in [5, 5.41) is 3.28. The molecule has 0 unspecified atom stereocenters. The number of benzene rings is 1. The highest BCUT2D eigenvalue weighted by molar-refractivity contribution is 5.88. The van der Waals surface area contributed by atoms with Crippen molar-refractivity contribution in [2.75, 3.05) is 0 Å². The smallest absolute Gasteiger partial charge is 0.103 e. The Bertz CT molecular complexity index is 765. The first-order valence-electron chi connectivity index (χ1n) is 7.56. The number of allylic oxidation sites excluding steroid dienone is 1. The fourth-order valence-electron chi connectivity index (χ4n) is 2.89. The number of fused-ring (bicyclic) bond motifs is 1. The fourth-order valence-corrected chi connectivity index (χ4v) is 2.89. The van der Waals surface area contributed by atoms with Crippen LogP contribution in [0.25, 0.3) is 6.08 Å². The number of aryl methyl sites for hydroxylation is 2. The van der Waals surface area contributed by atoms with Gasteiger partial charge in [-0.25, -0.2) is 4.99 Å². The van der Waals surface area contributed by atoms with E-state index in [9.17, 15) is 0 Å². The van der Waals surface area contributed by atoms with E-state index in [2.05, 4.69) is 60.3 Å². The van der Waals surface area contributed by atoms with Crippen molar-refractivity contribution in [3.63, 3.8) is 0 Å². The van der Waals surface area contributed by atoms with Crippen molar-refractivity contribution in [1.82, 2.24) is 10.3 Å². The third kappa shape index (κ3) is 2.93. The maximum absolute atomic E-state index is 4.68. The minimum Gasteiger partial charge on any atom is -0.348 e. The number of amidine groups is 1. The Morgan fingerprint density at radius 1 is 1.00 bits per heavy atom. The highest BCUT2D eigenvalue weighted by Crippen LogP contribution is 2.27. The summed E-state index contributed by atoms with van der Waals surface area (Å²) in [6, 6.07) is 6.54. The highest BCUT2D eigenvalue weighted by atomic mass is 15.0. The van der Waals surface area contributed by atoms with Crippen molar-refractivity contribution in [1.29, 1.82) is 0 Å². The molecule has 3 nitrogen and oxygen atoms in total. The molecule has 2 heterocycles. The predicted molar refractivity (Wildman–Crippen MR) is 92.5 cm³/mol. The van der Waals surface area contributed by atoms with Gasteiger partial charge in [0.2, 0.25) is 0 Å². The average molecular weight is 291 g/mol. The second-order valence-electron chi connectivity index (χ2n) is 5.97. The monoisotopic (exact) mass is 291 g/mol. The summed E-state index contributed by atoms with van der Waals surface area (Å²) in [5.41, 5.74) is 8.43. The van der Waals surface area contributed by atoms with Crippen LogP contribution in [0.4, 0.5) is 5.69 Å². The van der Waals surface area contributed by atoms with Gasteiger partial charge in [0.25, 0.3) is 0 Å². The molecule has 112 valence electrons. The SMILES string of the molecule is CC1=Cc2ccc(Cc3c(C)cncc3C)cc2N=C(C)N1. The van der Waals surface area contributed by atoms with Gasteiger partial charge in [0.15, 0.2) is 0 Å². The molecule has 0 radical (unpaired) electrons. The lowest BCUT2D eigenvalue weighted by Gasteiger charge is -2.10. The van der Waals surface area contributed by atoms with Gasteiger partial charge >= 0.3 is 0 Å². The van der Waals surface area contributed by atoms with Crippen LogP contribution in [-0.4, -0.2) is 10.8 Å². The van der Waals surface area contributed by atoms with Gasteiger partial charge in [-0.2, -0.15) is 0 Å². The molecular formula is C19H21N3. The standard InChI is InChI=1S/C19H21N3/c1-12-10-20-11-13(2)18(12)8-16-5-6-17-7-14(3)21-15(4)22-19(17)9-16/h5-7,9-11H,8H2,1-4H3,(H,21,22). The number of nitrogens with one attached hydrogen (secondary N) is 1. The van der Waals surface area contributed by atoms with Crippen LogP contribution < -0.4 is 5.32 Å². The van der Waals surface area contributed by atoms with Crippen LogP contribution in [0.3, 0.4) is 0 Å². The van der Waals surface area contributed by atoms with Crippen LogP contribution >= 0.6 is 0 Å². The van der Waals surface area contributed by atoms with Crippen LogP contribution in [0.15, 0.2) is 41.3 Å². The molecule has 0 saturated heterocycles. The summed E-state index contributed by atoms with van der Waals surface area (Å²) in [6.07, 6.45) is 6.93. The summed E-state index contributed by atoms with van der Waals surface area (Å²) in [7, 11) is 0. The minimum absolute atomic E-state index is 0.915. The van der Waals surface area contributed by atoms with Crippen molar-refractivity contribution in [3.8, 4) is 0 Å². The topological polar surface area (TPSA) is 37.3 Å². The Balaban J connectivity index is 2.00. The Morgan fingerprint density at radius 2 is 1.73 bits per heavy atom. The van der Waals surface area contributed by atoms with E-state index >= 15 is 0 Å². The van der Waals surface area contributed by atoms with Gasteiger partial charge in [-0.05, 0) is 68.5 Å². The number of aromatic nitrogens is 1. The molecule has 0 aliphatic carbocycles. The largest absolute Gasteiger partial charge is 0.348 e. The Kier molecular flexibility index (Phi) is 3.80. The van der Waals surface area contributed by atoms with E-state index in [0.29, 0.717) is 0 Å². The lowest BCUT2D eigenvalue weighted by atomic mass is 9.97. The first kappa shape index (κ1) is 14.5. The number of rotatable bonds is 2. The van der Waals surface area contributed by atoms with Crippen LogP contribution in [0, 0.1) is 13.8 Å². The quantitative estimate of drug-likeness (QED) is 0.895. The molecule has 3 rings (SSSR count). The second kappa shape index (κ2) is 5.76. The molecule has 2 aromatic rings. The summed E-state index contributed by atoms with van der Waals surface area (Å²) >= 11 is 0. The van der Waals surface area contributed by atoms with E-state index in [1.165, 1.54) is 22.3 Å². The number of hydrogen-bond acceptors (Lipinski definition) is 3. The van der Waals surface area contributed by atoms with E-state index in [1.54, 1.807) is 0 Å². The van der Waals surface area contributed by atoms with Gasteiger partial charge in [0.05, 0.1) is 5.69 Å². The van der Waals surface area contributed by atoms with Gasteiger partial charge < -0.3 is 5.32 Å². The molecule has 0 atom stereocenters. The average Bonchev–Trinajstić information content (AvgIpc) is 2.59. The highest BCUT2D eigenvalue weighted by Gasteiger charge is 2.09. The van der Waals surface area contributed by atoms with Crippen LogP contribution in [0.5, 0.6) is 0 Å². The van der Waals surface area contributed by atoms with Gasteiger partial charge in [0, 0.05) is 23.7 Å². The van der Waals surface area contributed by atoms with Crippen molar-refractivity contribution in [3.05, 3.63) is 64.1 Å². The molecule has 0 bridgehead atoms. The molecule has 1 aromatic heterocycles. The molecule has 0 fully saturated rings. The lowest BCUT2D eigenvalue weighted by molar-refractivity contribution is 1.08. The van der Waals surface area contributed by atoms with E-state index in [1.807, 2.05) is 19.3 Å². The zero-order valence-corrected chi connectivity index (χ0v) is 13.6. The third-order valence-electron chi connectivity index (χ3n) is 4.00. The van der Waals surface area contributed by atoms with Crippen molar-refractivity contribution in [2.24, 2.45) is 4.99 Å². The summed E-state index contributed by atoms with van der Waals surface area (Å²) in [5.74, 6) is 0.931. The molecule has 3 heteroatoms. The normalized spacial score (nSPS) is 13.6. The van der Waals surface area contributed by atoms with Crippen molar-refractivity contribution in [2.45, 2.75) is 34.1 Å². The Hall–Kier alpha value is -2.42. The number of nitrogens with zero attached hydrogens (tertiary/aromatic N) is 2. The molecule has 0 saturated carbocycles. The summed E-state index contributed by atoms with van der Waals surface area (Å²) in [4.78, 5) is 8.93. The first-order chi connectivity index (χ1) is 10.5. The van der Waals surface area contributed by atoms with E-state index in [-0.39, 0.29) is 0 Å². The summed E-state index contributed by atoms with van der Waals surface area (Å²) < 4.78 is 0. The molecule has 22 heavy (non-hydrogen) atoms. The van der Waals surface area contributed by atoms with E-state index < -0.39 is 0 Å². The van der Waals surface area contributed by atoms with Crippen molar-refractivity contribution < 1.29 is 0 Å². The minimum atomic E-state index is 0.915. The molecular weight excluding hydrogens is 270 g/mol. The maximum atomic E-state index is 4.68. The van der Waals surface area contributed by atoms with Gasteiger partial charge in [0.1, 0.15) is 5.84 Å². The van der Waals surface area contributed by atoms with Gasteiger partial charge in [-0.3, -0.25) is 4.98 Å². The third-order valence-corrected chi connectivity index (χ3v) is 4.00. The van der Waals surface area contributed by atoms with E-state index in [4.69, 9.17) is 0 Å². The number of aliphatic imine (C=N–C) groups is 1. The maximum Gasteiger partial charge on any atom is 0.103 e. The zero-order chi connectivity index (χ0) is 15.7. The molecule has 0 spiro atoms. The van der Waals surface area contributed by atoms with Crippen LogP contribution in [-0.2, 0) is 6.42 Å². The molecule has 1 N–H and O–H groups in total. The Labute approximate surface area is 131 Å². The molecule has 1 aliphatic rings. The Morgan fingerprint density at radius 3 is 2.45 bits per heavy atom. The second-order valence-corrected chi connectivity index (χ2v) is 5.97. The van der Waals surface area contributed by atoms with Gasteiger partial charge in [-0.1, -0.05) is 12.1 Å². The molecule has 1 aliphatic heterocycles. The summed E-state index contributed by atoms with van der Waals surface area (Å²) in [6.45, 7) is 8.30. The predicted octanol–water partition coefficient (Wildman–Crippen LogP) is 4.30. The van der Waals surface area contributed by atoms with Crippen LogP contribution in [0.1, 0.15) is 41.7 Å². The first-order valence-corrected chi connectivity index (χ1v) is 7.56. The lowest BCUT2D eigenvalue weighted by Crippen LogP contribution is -2.16. The number of pyridine rings is 1. The zero-order valence-electron chi connectivity index (χ0n) is 13.6. The fraction of sp³-hybridized carbons (Fsp3) is 0.263. The molecule has 1 aromatic carbocycles. The van der Waals surface area contributed by atoms with Crippen LogP contribution in [0.2, 0.25) is 0 Å². The van der Waals surface area contributed by atoms with E-state index in [0.717, 1.165) is 29.2 Å². The molecule has 0 amide bonds.